The standard InChI is InChI=1S/C12H9ClF3NS/c13-11-2-1-7(3-8(11)4-17)9-5-18-6-10(9)12(14,15)16/h1-3,5-6H,4,17H2. The van der Waals surface area contributed by atoms with Crippen molar-refractivity contribution in [2.24, 2.45) is 5.73 Å². The van der Waals surface area contributed by atoms with Crippen molar-refractivity contribution in [2.45, 2.75) is 12.7 Å². The van der Waals surface area contributed by atoms with Crippen LogP contribution in [0.3, 0.4) is 0 Å². The Hall–Kier alpha value is -1.04. The summed E-state index contributed by atoms with van der Waals surface area (Å²) in [5.74, 6) is 0. The summed E-state index contributed by atoms with van der Waals surface area (Å²) < 4.78 is 38.4. The Balaban J connectivity index is 2.53. The highest BCUT2D eigenvalue weighted by Gasteiger charge is 2.34. The number of rotatable bonds is 2. The second-order valence-corrected chi connectivity index (χ2v) is 4.86. The summed E-state index contributed by atoms with van der Waals surface area (Å²) in [6.45, 7) is 0.193. The Morgan fingerprint density at radius 3 is 2.56 bits per heavy atom. The summed E-state index contributed by atoms with van der Waals surface area (Å²) in [5.41, 5.74) is 6.14. The number of halogens is 4. The van der Waals surface area contributed by atoms with Crippen LogP contribution in [-0.4, -0.2) is 0 Å². The van der Waals surface area contributed by atoms with Crippen molar-refractivity contribution in [1.29, 1.82) is 0 Å². The molecule has 1 heterocycles. The molecule has 0 aliphatic rings. The Morgan fingerprint density at radius 2 is 1.94 bits per heavy atom. The Morgan fingerprint density at radius 1 is 1.22 bits per heavy atom. The van der Waals surface area contributed by atoms with Crippen molar-refractivity contribution in [1.82, 2.24) is 0 Å². The average molecular weight is 292 g/mol. The highest BCUT2D eigenvalue weighted by molar-refractivity contribution is 7.08. The quantitative estimate of drug-likeness (QED) is 0.863. The topological polar surface area (TPSA) is 26.0 Å². The smallest absolute Gasteiger partial charge is 0.326 e. The molecule has 0 spiro atoms. The van der Waals surface area contributed by atoms with Crippen molar-refractivity contribution in [3.63, 3.8) is 0 Å². The minimum absolute atomic E-state index is 0.166. The van der Waals surface area contributed by atoms with E-state index < -0.39 is 11.7 Å². The lowest BCUT2D eigenvalue weighted by molar-refractivity contribution is -0.136. The van der Waals surface area contributed by atoms with E-state index in [4.69, 9.17) is 17.3 Å². The van der Waals surface area contributed by atoms with E-state index in [1.54, 1.807) is 18.2 Å². The predicted octanol–water partition coefficient (Wildman–Crippen LogP) is 4.55. The zero-order valence-corrected chi connectivity index (χ0v) is 10.7. The Kier molecular flexibility index (Phi) is 3.66. The first-order chi connectivity index (χ1) is 8.43. The van der Waals surface area contributed by atoms with Gasteiger partial charge in [0, 0.05) is 22.5 Å². The average Bonchev–Trinajstić information content (AvgIpc) is 2.78. The molecule has 0 aliphatic heterocycles. The van der Waals surface area contributed by atoms with E-state index in [2.05, 4.69) is 0 Å². The monoisotopic (exact) mass is 291 g/mol. The van der Waals surface area contributed by atoms with Crippen LogP contribution in [0, 0.1) is 0 Å². The van der Waals surface area contributed by atoms with E-state index in [0.717, 1.165) is 16.7 Å². The second kappa shape index (κ2) is 4.91. The number of nitrogens with two attached hydrogens (primary N) is 1. The van der Waals surface area contributed by atoms with Gasteiger partial charge < -0.3 is 5.73 Å². The van der Waals surface area contributed by atoms with Crippen LogP contribution in [0.15, 0.2) is 29.0 Å². The largest absolute Gasteiger partial charge is 0.417 e. The lowest BCUT2D eigenvalue weighted by Crippen LogP contribution is -2.05. The minimum Gasteiger partial charge on any atom is -0.326 e. The van der Waals surface area contributed by atoms with E-state index in [0.29, 0.717) is 16.1 Å². The van der Waals surface area contributed by atoms with Crippen LogP contribution in [0.4, 0.5) is 13.2 Å². The summed E-state index contributed by atoms with van der Waals surface area (Å²) in [5, 5.41) is 3.04. The van der Waals surface area contributed by atoms with Crippen LogP contribution in [-0.2, 0) is 12.7 Å². The lowest BCUT2D eigenvalue weighted by Gasteiger charge is -2.10. The minimum atomic E-state index is -4.35. The summed E-state index contributed by atoms with van der Waals surface area (Å²) in [6, 6.07) is 4.73. The first-order valence-corrected chi connectivity index (χ1v) is 6.38. The number of alkyl halides is 3. The number of benzene rings is 1. The van der Waals surface area contributed by atoms with Gasteiger partial charge in [-0.2, -0.15) is 24.5 Å². The second-order valence-electron chi connectivity index (χ2n) is 3.71. The first-order valence-electron chi connectivity index (χ1n) is 5.05. The van der Waals surface area contributed by atoms with Crippen LogP contribution < -0.4 is 5.73 Å². The highest BCUT2D eigenvalue weighted by atomic mass is 35.5. The highest BCUT2D eigenvalue weighted by Crippen LogP contribution is 2.40. The van der Waals surface area contributed by atoms with Crippen LogP contribution in [0.1, 0.15) is 11.1 Å². The molecule has 6 heteroatoms. The fraction of sp³-hybridized carbons (Fsp3) is 0.167. The van der Waals surface area contributed by atoms with Gasteiger partial charge in [0.05, 0.1) is 5.56 Å². The van der Waals surface area contributed by atoms with E-state index in [1.807, 2.05) is 0 Å². The molecule has 96 valence electrons. The van der Waals surface area contributed by atoms with Crippen molar-refractivity contribution in [3.8, 4) is 11.1 Å². The third kappa shape index (κ3) is 2.53. The van der Waals surface area contributed by atoms with Gasteiger partial charge >= 0.3 is 6.18 Å². The molecule has 0 bridgehead atoms. The molecular weight excluding hydrogens is 283 g/mol. The van der Waals surface area contributed by atoms with Crippen LogP contribution in [0.25, 0.3) is 11.1 Å². The van der Waals surface area contributed by atoms with E-state index in [9.17, 15) is 13.2 Å². The maximum Gasteiger partial charge on any atom is 0.417 e. The van der Waals surface area contributed by atoms with Gasteiger partial charge in [-0.05, 0) is 28.6 Å². The zero-order valence-electron chi connectivity index (χ0n) is 9.09. The third-order valence-corrected chi connectivity index (χ3v) is 3.66. The zero-order chi connectivity index (χ0) is 13.3. The van der Waals surface area contributed by atoms with Gasteiger partial charge in [-0.15, -0.1) is 0 Å². The van der Waals surface area contributed by atoms with E-state index in [1.165, 1.54) is 5.38 Å². The Labute approximate surface area is 111 Å². The van der Waals surface area contributed by atoms with Crippen molar-refractivity contribution in [2.75, 3.05) is 0 Å². The van der Waals surface area contributed by atoms with Crippen molar-refractivity contribution < 1.29 is 13.2 Å². The van der Waals surface area contributed by atoms with Crippen molar-refractivity contribution in [3.05, 3.63) is 45.1 Å². The number of hydrogen-bond acceptors (Lipinski definition) is 2. The summed E-state index contributed by atoms with van der Waals surface area (Å²) in [6.07, 6.45) is -4.35. The molecule has 0 atom stereocenters. The van der Waals surface area contributed by atoms with Gasteiger partial charge in [-0.3, -0.25) is 0 Å². The molecule has 0 fully saturated rings. The first kappa shape index (κ1) is 13.4. The summed E-state index contributed by atoms with van der Waals surface area (Å²) in [7, 11) is 0. The van der Waals surface area contributed by atoms with Gasteiger partial charge in [-0.1, -0.05) is 17.7 Å². The molecule has 1 aromatic carbocycles. The molecule has 0 saturated carbocycles. The van der Waals surface area contributed by atoms with Crippen molar-refractivity contribution >= 4 is 22.9 Å². The van der Waals surface area contributed by atoms with Gasteiger partial charge in [-0.25, -0.2) is 0 Å². The molecule has 0 unspecified atom stereocenters. The molecule has 0 amide bonds. The fourth-order valence-corrected chi connectivity index (χ4v) is 2.70. The molecule has 0 saturated heterocycles. The van der Waals surface area contributed by atoms with Gasteiger partial charge in [0.15, 0.2) is 0 Å². The fourth-order valence-electron chi connectivity index (χ4n) is 1.64. The van der Waals surface area contributed by atoms with Crippen LogP contribution in [0.5, 0.6) is 0 Å². The molecule has 1 aromatic heterocycles. The van der Waals surface area contributed by atoms with Gasteiger partial charge in [0.25, 0.3) is 0 Å². The molecule has 2 rings (SSSR count). The Bertz CT molecular complexity index is 563. The SMILES string of the molecule is NCc1cc(-c2cscc2C(F)(F)F)ccc1Cl. The summed E-state index contributed by atoms with van der Waals surface area (Å²) >= 11 is 6.91. The molecule has 0 radical (unpaired) electrons. The molecule has 2 N–H and O–H groups in total. The number of thiophene rings is 1. The maximum absolute atomic E-state index is 12.8. The molecule has 18 heavy (non-hydrogen) atoms. The van der Waals surface area contributed by atoms with Gasteiger partial charge in [0.1, 0.15) is 0 Å². The lowest BCUT2D eigenvalue weighted by atomic mass is 10.0. The molecule has 1 nitrogen and oxygen atoms in total. The van der Waals surface area contributed by atoms with Crippen LogP contribution in [0.2, 0.25) is 5.02 Å². The normalized spacial score (nSPS) is 11.8. The third-order valence-electron chi connectivity index (χ3n) is 2.54. The van der Waals surface area contributed by atoms with E-state index >= 15 is 0 Å². The predicted molar refractivity (Wildman–Crippen MR) is 67.7 cm³/mol. The molecule has 2 aromatic rings. The molecular formula is C12H9ClF3NS. The summed E-state index contributed by atoms with van der Waals surface area (Å²) in [4.78, 5) is 0. The van der Waals surface area contributed by atoms with Gasteiger partial charge in [0.2, 0.25) is 0 Å². The maximum atomic E-state index is 12.8. The number of hydrogen-bond donors (Lipinski definition) is 1. The molecule has 0 aliphatic carbocycles. The van der Waals surface area contributed by atoms with Crippen LogP contribution >= 0.6 is 22.9 Å². The van der Waals surface area contributed by atoms with E-state index in [-0.39, 0.29) is 12.1 Å².